The Morgan fingerprint density at radius 2 is 2.20 bits per heavy atom. The number of aromatic amines is 1. The highest BCUT2D eigenvalue weighted by atomic mass is 19.4. The monoisotopic (exact) mass is 221 g/mol. The normalized spacial score (nSPS) is 11.5. The molecule has 0 atom stereocenters. The van der Waals surface area contributed by atoms with Gasteiger partial charge in [0.05, 0.1) is 0 Å². The van der Waals surface area contributed by atoms with Crippen molar-refractivity contribution in [1.82, 2.24) is 15.1 Å². The van der Waals surface area contributed by atoms with E-state index in [4.69, 9.17) is 0 Å². The maximum Gasteiger partial charge on any atom is 0.406 e. The van der Waals surface area contributed by atoms with E-state index >= 15 is 0 Å². The van der Waals surface area contributed by atoms with Crippen LogP contribution in [0.5, 0.6) is 0 Å². The first kappa shape index (κ1) is 11.5. The number of hydrogen-bond donors (Lipinski definition) is 1. The lowest BCUT2D eigenvalue weighted by molar-refractivity contribution is -0.138. The highest BCUT2D eigenvalue weighted by Crippen LogP contribution is 2.16. The lowest BCUT2D eigenvalue weighted by Crippen LogP contribution is -2.35. The molecule has 1 aromatic rings. The highest BCUT2D eigenvalue weighted by molar-refractivity contribution is 5.92. The zero-order chi connectivity index (χ0) is 11.6. The van der Waals surface area contributed by atoms with Crippen molar-refractivity contribution in [2.45, 2.75) is 13.1 Å². The fourth-order valence-corrected chi connectivity index (χ4v) is 1.06. The van der Waals surface area contributed by atoms with E-state index in [2.05, 4.69) is 10.2 Å². The maximum absolute atomic E-state index is 12.0. The molecule has 7 heteroatoms. The third-order valence-corrected chi connectivity index (χ3v) is 1.69. The van der Waals surface area contributed by atoms with Crippen LogP contribution in [-0.4, -0.2) is 40.8 Å². The second-order valence-electron chi connectivity index (χ2n) is 3.21. The van der Waals surface area contributed by atoms with Crippen molar-refractivity contribution >= 4 is 5.91 Å². The minimum Gasteiger partial charge on any atom is -0.331 e. The van der Waals surface area contributed by atoms with E-state index in [1.54, 1.807) is 6.92 Å². The zero-order valence-corrected chi connectivity index (χ0v) is 8.22. The van der Waals surface area contributed by atoms with Crippen LogP contribution in [0.15, 0.2) is 6.07 Å². The average Bonchev–Trinajstić information content (AvgIpc) is 2.47. The molecule has 0 aromatic carbocycles. The molecule has 0 spiro atoms. The summed E-state index contributed by atoms with van der Waals surface area (Å²) in [4.78, 5) is 12.0. The van der Waals surface area contributed by atoms with Crippen LogP contribution in [0.25, 0.3) is 0 Å². The van der Waals surface area contributed by atoms with Gasteiger partial charge in [0.15, 0.2) is 0 Å². The smallest absolute Gasteiger partial charge is 0.331 e. The van der Waals surface area contributed by atoms with Crippen molar-refractivity contribution in [3.8, 4) is 0 Å². The van der Waals surface area contributed by atoms with E-state index < -0.39 is 18.6 Å². The van der Waals surface area contributed by atoms with Crippen molar-refractivity contribution in [3.05, 3.63) is 17.5 Å². The molecule has 1 amide bonds. The minimum atomic E-state index is -4.39. The quantitative estimate of drug-likeness (QED) is 0.819. The Kier molecular flexibility index (Phi) is 3.01. The summed E-state index contributed by atoms with van der Waals surface area (Å²) in [5, 5.41) is 6.07. The van der Waals surface area contributed by atoms with Gasteiger partial charge in [0.1, 0.15) is 12.2 Å². The molecule has 1 heterocycles. The molecule has 0 saturated carbocycles. The predicted molar refractivity (Wildman–Crippen MR) is 46.3 cm³/mol. The zero-order valence-electron chi connectivity index (χ0n) is 8.22. The van der Waals surface area contributed by atoms with Gasteiger partial charge in [-0.1, -0.05) is 0 Å². The summed E-state index contributed by atoms with van der Waals surface area (Å²) in [5.74, 6) is -0.753. The molecule has 4 nitrogen and oxygen atoms in total. The number of alkyl halides is 3. The Bertz CT molecular complexity index is 358. The molecule has 1 rings (SSSR count). The van der Waals surface area contributed by atoms with Gasteiger partial charge in [-0.3, -0.25) is 9.89 Å². The van der Waals surface area contributed by atoms with Crippen LogP contribution >= 0.6 is 0 Å². The summed E-state index contributed by atoms with van der Waals surface area (Å²) in [5.41, 5.74) is 0.609. The van der Waals surface area contributed by atoms with Crippen molar-refractivity contribution in [2.24, 2.45) is 0 Å². The molecule has 0 bridgehead atoms. The number of carbonyl (C=O) groups excluding carboxylic acids is 1. The first-order valence-electron chi connectivity index (χ1n) is 4.14. The fraction of sp³-hybridized carbons (Fsp3) is 0.500. The fourth-order valence-electron chi connectivity index (χ4n) is 1.06. The molecule has 1 N–H and O–H groups in total. The molecular formula is C8H10F3N3O. The number of carbonyl (C=O) groups is 1. The van der Waals surface area contributed by atoms with Crippen molar-refractivity contribution in [2.75, 3.05) is 13.6 Å². The largest absolute Gasteiger partial charge is 0.406 e. The number of nitrogens with one attached hydrogen (secondary N) is 1. The summed E-state index contributed by atoms with van der Waals surface area (Å²) < 4.78 is 35.9. The number of rotatable bonds is 2. The van der Waals surface area contributed by atoms with E-state index in [9.17, 15) is 18.0 Å². The molecule has 0 aliphatic carbocycles. The Hall–Kier alpha value is -1.53. The lowest BCUT2D eigenvalue weighted by atomic mass is 10.3. The van der Waals surface area contributed by atoms with Gasteiger partial charge < -0.3 is 4.90 Å². The van der Waals surface area contributed by atoms with Crippen molar-refractivity contribution in [3.63, 3.8) is 0 Å². The standard InChI is InChI=1S/C8H10F3N3O/c1-5-3-6(13-12-5)7(15)14(2)4-8(9,10)11/h3H,4H2,1-2H3,(H,12,13). The molecule has 0 unspecified atom stereocenters. The van der Waals surface area contributed by atoms with Gasteiger partial charge in [0.2, 0.25) is 0 Å². The number of aryl methyl sites for hydroxylation is 1. The van der Waals surface area contributed by atoms with Gasteiger partial charge in [-0.25, -0.2) is 0 Å². The number of halogens is 3. The number of H-pyrrole nitrogens is 1. The molecular weight excluding hydrogens is 211 g/mol. The summed E-state index contributed by atoms with van der Waals surface area (Å²) in [6.45, 7) is 0.380. The van der Waals surface area contributed by atoms with Crippen molar-refractivity contribution in [1.29, 1.82) is 0 Å². The third-order valence-electron chi connectivity index (χ3n) is 1.69. The third kappa shape index (κ3) is 3.26. The summed E-state index contributed by atoms with van der Waals surface area (Å²) >= 11 is 0. The topological polar surface area (TPSA) is 49.0 Å². The molecule has 0 fully saturated rings. The Morgan fingerprint density at radius 1 is 1.60 bits per heavy atom. The van der Waals surface area contributed by atoms with Crippen molar-refractivity contribution < 1.29 is 18.0 Å². The Morgan fingerprint density at radius 3 is 2.60 bits per heavy atom. The van der Waals surface area contributed by atoms with Crippen LogP contribution in [0.3, 0.4) is 0 Å². The number of hydrogen-bond acceptors (Lipinski definition) is 2. The Balaban J connectivity index is 2.69. The van der Waals surface area contributed by atoms with Gasteiger partial charge in [0.25, 0.3) is 5.91 Å². The van der Waals surface area contributed by atoms with Crippen LogP contribution in [0.2, 0.25) is 0 Å². The molecule has 0 saturated heterocycles. The van der Waals surface area contributed by atoms with Gasteiger partial charge in [-0.15, -0.1) is 0 Å². The first-order chi connectivity index (χ1) is 6.79. The van der Waals surface area contributed by atoms with Gasteiger partial charge in [-0.2, -0.15) is 18.3 Å². The number of aromatic nitrogens is 2. The van der Waals surface area contributed by atoms with Crippen LogP contribution in [0, 0.1) is 6.92 Å². The molecule has 15 heavy (non-hydrogen) atoms. The second kappa shape index (κ2) is 3.92. The van der Waals surface area contributed by atoms with Crippen LogP contribution in [-0.2, 0) is 0 Å². The van der Waals surface area contributed by atoms with E-state index in [1.807, 2.05) is 0 Å². The molecule has 0 aliphatic heterocycles. The van der Waals surface area contributed by atoms with E-state index in [0.717, 1.165) is 7.05 Å². The number of amides is 1. The summed E-state index contributed by atoms with van der Waals surface area (Å²) in [6, 6.07) is 1.40. The van der Waals surface area contributed by atoms with E-state index in [0.29, 0.717) is 10.6 Å². The number of nitrogens with zero attached hydrogens (tertiary/aromatic N) is 2. The summed E-state index contributed by atoms with van der Waals surface area (Å²) in [6.07, 6.45) is -4.39. The maximum atomic E-state index is 12.0. The lowest BCUT2D eigenvalue weighted by Gasteiger charge is -2.17. The first-order valence-corrected chi connectivity index (χ1v) is 4.14. The van der Waals surface area contributed by atoms with Gasteiger partial charge in [0, 0.05) is 12.7 Å². The second-order valence-corrected chi connectivity index (χ2v) is 3.21. The average molecular weight is 221 g/mol. The van der Waals surface area contributed by atoms with Crippen LogP contribution < -0.4 is 0 Å². The molecule has 1 aromatic heterocycles. The molecule has 0 aliphatic rings. The SMILES string of the molecule is Cc1cc(C(=O)N(C)CC(F)(F)F)n[nH]1. The Labute approximate surface area is 84.1 Å². The minimum absolute atomic E-state index is 0.0146. The molecule has 0 radical (unpaired) electrons. The van der Waals surface area contributed by atoms with Gasteiger partial charge in [-0.05, 0) is 13.0 Å². The van der Waals surface area contributed by atoms with E-state index in [1.165, 1.54) is 6.07 Å². The summed E-state index contributed by atoms with van der Waals surface area (Å²) in [7, 11) is 1.08. The van der Waals surface area contributed by atoms with E-state index in [-0.39, 0.29) is 5.69 Å². The predicted octanol–water partition coefficient (Wildman–Crippen LogP) is 1.35. The molecule has 84 valence electrons. The highest BCUT2D eigenvalue weighted by Gasteiger charge is 2.31. The van der Waals surface area contributed by atoms with Crippen LogP contribution in [0.1, 0.15) is 16.2 Å². The van der Waals surface area contributed by atoms with Crippen LogP contribution in [0.4, 0.5) is 13.2 Å². The van der Waals surface area contributed by atoms with Gasteiger partial charge >= 0.3 is 6.18 Å².